The Morgan fingerprint density at radius 1 is 0.658 bits per heavy atom. The van der Waals surface area contributed by atoms with Gasteiger partial charge in [-0.05, 0) is 82.8 Å². The summed E-state index contributed by atoms with van der Waals surface area (Å²) in [6.45, 7) is 4.88. The average molecular weight is 625 g/mol. The number of fused-ring (bicyclic) bond motifs is 2. The van der Waals surface area contributed by atoms with Crippen LogP contribution in [0.15, 0.2) is 103 Å². The minimum absolute atomic E-state index is 0. The number of benzene rings is 2. The van der Waals surface area contributed by atoms with Gasteiger partial charge in [0.05, 0.1) is 0 Å². The van der Waals surface area contributed by atoms with E-state index in [9.17, 15) is 0 Å². The van der Waals surface area contributed by atoms with Gasteiger partial charge in [0.2, 0.25) is 0 Å². The normalized spacial score (nSPS) is 31.8. The second-order valence-electron chi connectivity index (χ2n) is 11.2. The van der Waals surface area contributed by atoms with Gasteiger partial charge in [-0.2, -0.15) is 0 Å². The van der Waals surface area contributed by atoms with Crippen LogP contribution >= 0.6 is 17.0 Å². The summed E-state index contributed by atoms with van der Waals surface area (Å²) < 4.78 is 0. The number of hydrogen-bond acceptors (Lipinski definition) is 0. The second kappa shape index (κ2) is 14.5. The van der Waals surface area contributed by atoms with Crippen molar-refractivity contribution in [3.8, 4) is 0 Å². The molecule has 0 bridgehead atoms. The second-order valence-corrected chi connectivity index (χ2v) is 14.9. The van der Waals surface area contributed by atoms with Gasteiger partial charge in [0.15, 0.2) is 0 Å². The van der Waals surface area contributed by atoms with Gasteiger partial charge in [0.25, 0.3) is 0 Å². The van der Waals surface area contributed by atoms with E-state index in [1.165, 1.54) is 18.4 Å². The first-order valence-electron chi connectivity index (χ1n) is 13.4. The van der Waals surface area contributed by atoms with E-state index < -0.39 is 20.8 Å². The van der Waals surface area contributed by atoms with Crippen molar-refractivity contribution in [2.24, 2.45) is 35.5 Å². The summed E-state index contributed by atoms with van der Waals surface area (Å²) in [6, 6.07) is 20.9. The van der Waals surface area contributed by atoms with Crippen LogP contribution in [0, 0.1) is 50.4 Å². The van der Waals surface area contributed by atoms with E-state index in [0.29, 0.717) is 47.3 Å². The van der Waals surface area contributed by atoms with Crippen molar-refractivity contribution >= 4 is 17.0 Å². The number of hydrogen-bond donors (Lipinski definition) is 0. The van der Waals surface area contributed by atoms with Crippen molar-refractivity contribution in [1.82, 2.24) is 0 Å². The summed E-state index contributed by atoms with van der Waals surface area (Å²) in [4.78, 5) is 0. The first kappa shape index (κ1) is 31.4. The molecule has 0 radical (unpaired) electrons. The van der Waals surface area contributed by atoms with Crippen molar-refractivity contribution in [2.75, 3.05) is 0 Å². The van der Waals surface area contributed by atoms with Gasteiger partial charge in [-0.1, -0.05) is 117 Å². The molecule has 8 unspecified atom stereocenters. The summed E-state index contributed by atoms with van der Waals surface area (Å²) in [6.07, 6.45) is 21.7. The van der Waals surface area contributed by atoms with Gasteiger partial charge in [0, 0.05) is 0 Å². The maximum atomic E-state index is 4.93. The summed E-state index contributed by atoms with van der Waals surface area (Å²) in [5.74, 6) is 5.78. The molecule has 4 aliphatic carbocycles. The van der Waals surface area contributed by atoms with E-state index in [1.54, 1.807) is 11.1 Å². The molecule has 2 aromatic rings. The van der Waals surface area contributed by atoms with E-state index in [0.717, 1.165) is 5.92 Å². The third-order valence-corrected chi connectivity index (χ3v) is 9.18. The summed E-state index contributed by atoms with van der Waals surface area (Å²) in [5.41, 5.74) is 4.78. The van der Waals surface area contributed by atoms with Crippen LogP contribution in [0.5, 0.6) is 0 Å². The van der Waals surface area contributed by atoms with Gasteiger partial charge < -0.3 is 14.9 Å². The molecule has 38 heavy (non-hydrogen) atoms. The van der Waals surface area contributed by atoms with Crippen molar-refractivity contribution in [1.29, 1.82) is 0 Å². The zero-order valence-electron chi connectivity index (χ0n) is 23.2. The molecule has 0 aliphatic heterocycles. The molecule has 2 saturated carbocycles. The molecule has 0 N–H and O–H groups in total. The monoisotopic (exact) mass is 622 g/mol. The van der Waals surface area contributed by atoms with E-state index in [-0.39, 0.29) is 14.9 Å². The van der Waals surface area contributed by atoms with E-state index in [4.69, 9.17) is 17.0 Å². The molecule has 2 fully saturated rings. The van der Waals surface area contributed by atoms with Gasteiger partial charge >= 0.3 is 37.9 Å². The number of halogens is 2. The van der Waals surface area contributed by atoms with Crippen LogP contribution in [0.1, 0.15) is 61.1 Å². The molecule has 3 heteroatoms. The third-order valence-electron chi connectivity index (χ3n) is 9.18. The zero-order chi connectivity index (χ0) is 25.1. The standard InChI is InChI=1S/C33H36.2CH3.2ClH.Zr/c1-22(2)30-20-24-14-7-9-17-27(24)33(30)29-19-11-10-18-28(29)31-21-25-15-6-8-16-26(25)32(31)23-12-4-3-5-13-23;;;;;/h3-19,22,24-27,30-33H,20-21H2,1-2H3;2*1H3;2*1H;/q;2*-1;;;+4/p-2. The number of allylic oxidation sites excluding steroid dienone is 8. The Morgan fingerprint density at radius 3 is 1.76 bits per heavy atom. The van der Waals surface area contributed by atoms with Gasteiger partial charge in [-0.3, -0.25) is 0 Å². The molecular formula is C35H42Cl2Zr. The van der Waals surface area contributed by atoms with Crippen molar-refractivity contribution in [3.05, 3.63) is 135 Å². The molecule has 0 heterocycles. The quantitative estimate of drug-likeness (QED) is 0.297. The van der Waals surface area contributed by atoms with E-state index in [2.05, 4.69) is 117 Å². The fourth-order valence-corrected chi connectivity index (χ4v) is 7.77. The summed E-state index contributed by atoms with van der Waals surface area (Å²) in [7, 11) is 9.87. The molecule has 2 aromatic carbocycles. The molecule has 4 aliphatic rings. The molecular weight excluding hydrogens is 583 g/mol. The first-order valence-corrected chi connectivity index (χ1v) is 19.8. The van der Waals surface area contributed by atoms with Crippen LogP contribution in [0.2, 0.25) is 0 Å². The summed E-state index contributed by atoms with van der Waals surface area (Å²) >= 11 is -0.826. The molecule has 0 amide bonds. The predicted octanol–water partition coefficient (Wildman–Crippen LogP) is 10.7. The van der Waals surface area contributed by atoms with Gasteiger partial charge in [-0.25, -0.2) is 0 Å². The summed E-state index contributed by atoms with van der Waals surface area (Å²) in [5, 5.41) is 0. The SMILES string of the molecule is CC(C)C1CC2C=CC=CC2C1c1ccccc1C1CC2C=CC=CC2C1c1ccccc1.[CH3-].[CH3-].[Cl][Zr+2][Cl]. The Morgan fingerprint density at radius 2 is 1.16 bits per heavy atom. The third kappa shape index (κ3) is 6.27. The molecule has 0 aromatic heterocycles. The molecule has 6 rings (SSSR count). The van der Waals surface area contributed by atoms with Crippen LogP contribution in [0.4, 0.5) is 0 Å². The van der Waals surface area contributed by atoms with Crippen LogP contribution in [0.25, 0.3) is 0 Å². The Hall–Kier alpha value is -1.14. The van der Waals surface area contributed by atoms with E-state index >= 15 is 0 Å². The van der Waals surface area contributed by atoms with Crippen molar-refractivity contribution in [3.63, 3.8) is 0 Å². The van der Waals surface area contributed by atoms with E-state index in [1.807, 2.05) is 0 Å². The van der Waals surface area contributed by atoms with Crippen LogP contribution in [-0.2, 0) is 20.8 Å². The fourth-order valence-electron chi connectivity index (χ4n) is 7.77. The maximum absolute atomic E-state index is 4.93. The van der Waals surface area contributed by atoms with Crippen molar-refractivity contribution < 1.29 is 20.8 Å². The minimum atomic E-state index is -0.826. The fraction of sp³-hybridized carbons (Fsp3) is 0.371. The topological polar surface area (TPSA) is 0 Å². The Labute approximate surface area is 251 Å². The molecule has 0 nitrogen and oxygen atoms in total. The van der Waals surface area contributed by atoms with Crippen molar-refractivity contribution in [2.45, 2.75) is 44.4 Å². The molecule has 0 saturated heterocycles. The predicted molar refractivity (Wildman–Crippen MR) is 164 cm³/mol. The number of rotatable bonds is 4. The van der Waals surface area contributed by atoms with Crippen LogP contribution < -0.4 is 0 Å². The van der Waals surface area contributed by atoms with Crippen LogP contribution in [-0.4, -0.2) is 0 Å². The van der Waals surface area contributed by atoms with Gasteiger partial charge in [0.1, 0.15) is 0 Å². The Bertz CT molecular complexity index is 1130. The zero-order valence-corrected chi connectivity index (χ0v) is 27.2. The first-order chi connectivity index (χ1) is 17.6. The molecule has 200 valence electrons. The molecule has 0 spiro atoms. The average Bonchev–Trinajstić information content (AvgIpc) is 3.49. The Balaban J connectivity index is 0.000000766. The Kier molecular flexibility index (Phi) is 12.0. The van der Waals surface area contributed by atoms with Crippen LogP contribution in [0.3, 0.4) is 0 Å². The van der Waals surface area contributed by atoms with Gasteiger partial charge in [-0.15, -0.1) is 0 Å². The molecule has 8 atom stereocenters.